The van der Waals surface area contributed by atoms with Crippen molar-refractivity contribution < 1.29 is 23.9 Å². The Balaban J connectivity index is 1.78. The molecule has 1 atom stereocenters. The SMILES string of the molecule is O=C1CCc2cc(C(=O)N[C@@H](CC3CC3)C(=O)O)c(F)cc2N1. The van der Waals surface area contributed by atoms with Gasteiger partial charge in [-0.1, -0.05) is 12.8 Å². The summed E-state index contributed by atoms with van der Waals surface area (Å²) in [6.45, 7) is 0. The van der Waals surface area contributed by atoms with Gasteiger partial charge in [0.05, 0.1) is 5.56 Å². The summed E-state index contributed by atoms with van der Waals surface area (Å²) < 4.78 is 14.1. The molecule has 3 rings (SSSR count). The lowest BCUT2D eigenvalue weighted by Crippen LogP contribution is -2.41. The van der Waals surface area contributed by atoms with Gasteiger partial charge in [0, 0.05) is 12.1 Å². The molecule has 7 heteroatoms. The van der Waals surface area contributed by atoms with Crippen LogP contribution in [0.1, 0.15) is 41.6 Å². The van der Waals surface area contributed by atoms with Crippen LogP contribution in [-0.4, -0.2) is 28.9 Å². The summed E-state index contributed by atoms with van der Waals surface area (Å²) in [6, 6.07) is 1.48. The van der Waals surface area contributed by atoms with Crippen molar-refractivity contribution in [2.75, 3.05) is 5.32 Å². The highest BCUT2D eigenvalue weighted by Gasteiger charge is 2.31. The maximum Gasteiger partial charge on any atom is 0.326 e. The Hall–Kier alpha value is -2.44. The van der Waals surface area contributed by atoms with Crippen molar-refractivity contribution in [2.45, 2.75) is 38.1 Å². The molecule has 1 aliphatic heterocycles. The van der Waals surface area contributed by atoms with E-state index in [-0.39, 0.29) is 17.9 Å². The van der Waals surface area contributed by atoms with Crippen LogP contribution in [0.15, 0.2) is 12.1 Å². The molecule has 0 radical (unpaired) electrons. The lowest BCUT2D eigenvalue weighted by molar-refractivity contribution is -0.139. The zero-order valence-electron chi connectivity index (χ0n) is 12.4. The minimum atomic E-state index is -1.11. The largest absolute Gasteiger partial charge is 0.480 e. The van der Waals surface area contributed by atoms with E-state index in [1.807, 2.05) is 0 Å². The van der Waals surface area contributed by atoms with Crippen LogP contribution in [0.25, 0.3) is 0 Å². The minimum Gasteiger partial charge on any atom is -0.480 e. The maximum absolute atomic E-state index is 14.1. The molecule has 2 amide bonds. The number of carbonyl (C=O) groups excluding carboxylic acids is 2. The van der Waals surface area contributed by atoms with E-state index < -0.39 is 23.7 Å². The number of carboxylic acid groups (broad SMARTS) is 1. The van der Waals surface area contributed by atoms with E-state index in [9.17, 15) is 23.9 Å². The number of carboxylic acids is 1. The summed E-state index contributed by atoms with van der Waals surface area (Å²) in [5.41, 5.74) is 0.843. The molecular weight excluding hydrogens is 303 g/mol. The zero-order chi connectivity index (χ0) is 16.6. The molecule has 1 saturated carbocycles. The number of fused-ring (bicyclic) bond motifs is 1. The summed E-state index contributed by atoms with van der Waals surface area (Å²) in [4.78, 5) is 34.8. The van der Waals surface area contributed by atoms with E-state index >= 15 is 0 Å². The number of benzene rings is 1. The van der Waals surface area contributed by atoms with Crippen molar-refractivity contribution in [3.63, 3.8) is 0 Å². The van der Waals surface area contributed by atoms with Crippen molar-refractivity contribution >= 4 is 23.5 Å². The average Bonchev–Trinajstić information content (AvgIpc) is 3.29. The van der Waals surface area contributed by atoms with Gasteiger partial charge in [-0.3, -0.25) is 9.59 Å². The number of rotatable bonds is 5. The Labute approximate surface area is 132 Å². The molecule has 0 unspecified atom stereocenters. The Kier molecular flexibility index (Phi) is 4.02. The van der Waals surface area contributed by atoms with Crippen LogP contribution in [0.3, 0.4) is 0 Å². The number of halogens is 1. The molecule has 2 aliphatic rings. The Bertz CT molecular complexity index is 685. The summed E-state index contributed by atoms with van der Waals surface area (Å²) >= 11 is 0. The second kappa shape index (κ2) is 5.98. The molecular formula is C16H17FN2O4. The number of aliphatic carboxylic acids is 1. The van der Waals surface area contributed by atoms with E-state index in [2.05, 4.69) is 10.6 Å². The van der Waals surface area contributed by atoms with Crippen LogP contribution >= 0.6 is 0 Å². The zero-order valence-corrected chi connectivity index (χ0v) is 12.4. The third-order valence-electron chi connectivity index (χ3n) is 4.20. The van der Waals surface area contributed by atoms with Gasteiger partial charge in [-0.15, -0.1) is 0 Å². The molecule has 3 N–H and O–H groups in total. The van der Waals surface area contributed by atoms with Crippen LogP contribution in [0.5, 0.6) is 0 Å². The van der Waals surface area contributed by atoms with Gasteiger partial charge in [0.1, 0.15) is 11.9 Å². The second-order valence-electron chi connectivity index (χ2n) is 6.08. The van der Waals surface area contributed by atoms with Crippen molar-refractivity contribution in [3.8, 4) is 0 Å². The third-order valence-corrected chi connectivity index (χ3v) is 4.20. The van der Waals surface area contributed by atoms with Crippen molar-refractivity contribution in [1.82, 2.24) is 5.32 Å². The third kappa shape index (κ3) is 3.49. The summed E-state index contributed by atoms with van der Waals surface area (Å²) in [7, 11) is 0. The molecule has 0 bridgehead atoms. The highest BCUT2D eigenvalue weighted by atomic mass is 19.1. The highest BCUT2D eigenvalue weighted by Crippen LogP contribution is 2.33. The van der Waals surface area contributed by atoms with E-state index in [4.69, 9.17) is 0 Å². The molecule has 1 aromatic rings. The van der Waals surface area contributed by atoms with Gasteiger partial charge >= 0.3 is 5.97 Å². The Morgan fingerprint density at radius 1 is 1.35 bits per heavy atom. The van der Waals surface area contributed by atoms with E-state index in [1.165, 1.54) is 6.07 Å². The number of anilines is 1. The average molecular weight is 320 g/mol. The first-order chi connectivity index (χ1) is 10.9. The molecule has 1 aromatic carbocycles. The van der Waals surface area contributed by atoms with Crippen molar-refractivity contribution in [2.24, 2.45) is 5.92 Å². The van der Waals surface area contributed by atoms with Gasteiger partial charge in [-0.05, 0) is 36.5 Å². The number of amides is 2. The van der Waals surface area contributed by atoms with Gasteiger partial charge in [0.15, 0.2) is 0 Å². The number of hydrogen-bond donors (Lipinski definition) is 3. The van der Waals surface area contributed by atoms with Gasteiger partial charge in [-0.25, -0.2) is 9.18 Å². The fraction of sp³-hybridized carbons (Fsp3) is 0.438. The number of carbonyl (C=O) groups is 3. The molecule has 1 heterocycles. The number of aryl methyl sites for hydroxylation is 1. The quantitative estimate of drug-likeness (QED) is 0.769. The van der Waals surface area contributed by atoms with Gasteiger partial charge in [0.25, 0.3) is 5.91 Å². The van der Waals surface area contributed by atoms with E-state index in [0.717, 1.165) is 18.9 Å². The van der Waals surface area contributed by atoms with Gasteiger partial charge in [0.2, 0.25) is 5.91 Å². The molecule has 122 valence electrons. The summed E-state index contributed by atoms with van der Waals surface area (Å²) in [5, 5.41) is 14.1. The first-order valence-corrected chi connectivity index (χ1v) is 7.60. The fourth-order valence-corrected chi connectivity index (χ4v) is 2.72. The highest BCUT2D eigenvalue weighted by molar-refractivity contribution is 5.99. The molecule has 23 heavy (non-hydrogen) atoms. The standard InChI is InChI=1S/C16H17FN2O4/c17-11-7-12-9(3-4-14(20)18-12)6-10(11)15(21)19-13(16(22)23)5-8-1-2-8/h6-8,13H,1-5H2,(H,18,20)(H,19,21)(H,22,23)/t13-/m0/s1. The Morgan fingerprint density at radius 2 is 2.09 bits per heavy atom. The van der Waals surface area contributed by atoms with Crippen LogP contribution in [0.2, 0.25) is 0 Å². The number of hydrogen-bond acceptors (Lipinski definition) is 3. The van der Waals surface area contributed by atoms with Crippen LogP contribution in [0, 0.1) is 11.7 Å². The second-order valence-corrected chi connectivity index (χ2v) is 6.08. The first-order valence-electron chi connectivity index (χ1n) is 7.60. The fourth-order valence-electron chi connectivity index (χ4n) is 2.72. The lowest BCUT2D eigenvalue weighted by atomic mass is 9.99. The molecule has 6 nitrogen and oxygen atoms in total. The van der Waals surface area contributed by atoms with Crippen LogP contribution < -0.4 is 10.6 Å². The normalized spacial score (nSPS) is 17.9. The predicted molar refractivity (Wildman–Crippen MR) is 79.6 cm³/mol. The predicted octanol–water partition coefficient (Wildman–Crippen LogP) is 1.69. The van der Waals surface area contributed by atoms with E-state index in [0.29, 0.717) is 30.0 Å². The van der Waals surface area contributed by atoms with E-state index in [1.54, 1.807) is 0 Å². The van der Waals surface area contributed by atoms with Crippen LogP contribution in [0.4, 0.5) is 10.1 Å². The first kappa shape index (κ1) is 15.5. The summed E-state index contributed by atoms with van der Waals surface area (Å²) in [6.07, 6.45) is 2.99. The molecule has 0 spiro atoms. The lowest BCUT2D eigenvalue weighted by Gasteiger charge is -2.19. The van der Waals surface area contributed by atoms with Crippen molar-refractivity contribution in [3.05, 3.63) is 29.1 Å². The molecule has 0 aromatic heterocycles. The van der Waals surface area contributed by atoms with Crippen molar-refractivity contribution in [1.29, 1.82) is 0 Å². The van der Waals surface area contributed by atoms with Gasteiger partial charge < -0.3 is 15.7 Å². The summed E-state index contributed by atoms with van der Waals surface area (Å²) in [5.74, 6) is -2.50. The monoisotopic (exact) mass is 320 g/mol. The smallest absolute Gasteiger partial charge is 0.326 e. The molecule has 0 saturated heterocycles. The topological polar surface area (TPSA) is 95.5 Å². The Morgan fingerprint density at radius 3 is 2.74 bits per heavy atom. The maximum atomic E-state index is 14.1. The molecule has 1 fully saturated rings. The van der Waals surface area contributed by atoms with Gasteiger partial charge in [-0.2, -0.15) is 0 Å². The van der Waals surface area contributed by atoms with Crippen LogP contribution in [-0.2, 0) is 16.0 Å². The number of nitrogens with one attached hydrogen (secondary N) is 2. The minimum absolute atomic E-state index is 0.190. The molecule has 1 aliphatic carbocycles.